The quantitative estimate of drug-likeness (QED) is 0.763. The second-order valence-corrected chi connectivity index (χ2v) is 5.37. The maximum Gasteiger partial charge on any atom is 0.416 e. The van der Waals surface area contributed by atoms with Gasteiger partial charge in [0.15, 0.2) is 0 Å². The van der Waals surface area contributed by atoms with Gasteiger partial charge in [-0.2, -0.15) is 13.2 Å². The average Bonchev–Trinajstić information content (AvgIpc) is 2.89. The molecule has 2 aromatic carbocycles. The van der Waals surface area contributed by atoms with Crippen LogP contribution in [0.2, 0.25) is 0 Å². The van der Waals surface area contributed by atoms with Crippen molar-refractivity contribution in [2.45, 2.75) is 13.1 Å². The maximum atomic E-state index is 12.6. The Hall–Kier alpha value is -2.56. The zero-order valence-corrected chi connectivity index (χ0v) is 12.3. The van der Waals surface area contributed by atoms with Crippen LogP contribution in [0.5, 0.6) is 0 Å². The zero-order valence-electron chi connectivity index (χ0n) is 12.3. The lowest BCUT2D eigenvalue weighted by Crippen LogP contribution is -2.05. The monoisotopic (exact) mass is 318 g/mol. The third-order valence-electron chi connectivity index (χ3n) is 3.75. The maximum absolute atomic E-state index is 12.6. The first kappa shape index (κ1) is 15.3. The fourth-order valence-corrected chi connectivity index (χ4v) is 2.51. The Morgan fingerprint density at radius 3 is 2.04 bits per heavy atom. The molecular weight excluding hydrogens is 305 g/mol. The number of rotatable bonds is 2. The van der Waals surface area contributed by atoms with E-state index < -0.39 is 17.7 Å². The number of benzene rings is 2. The first-order valence-electron chi connectivity index (χ1n) is 7.01. The van der Waals surface area contributed by atoms with Crippen molar-refractivity contribution in [2.24, 2.45) is 0 Å². The minimum absolute atomic E-state index is 0.123. The van der Waals surface area contributed by atoms with Crippen molar-refractivity contribution in [3.63, 3.8) is 0 Å². The van der Waals surface area contributed by atoms with Gasteiger partial charge in [-0.25, -0.2) is 4.79 Å². The van der Waals surface area contributed by atoms with Crippen LogP contribution in [0.15, 0.2) is 48.5 Å². The average molecular weight is 318 g/mol. The number of cyclic esters (lactones) is 1. The van der Waals surface area contributed by atoms with Crippen LogP contribution in [0.3, 0.4) is 0 Å². The first-order valence-corrected chi connectivity index (χ1v) is 7.01. The largest absolute Gasteiger partial charge is 0.457 e. The Morgan fingerprint density at radius 2 is 1.48 bits per heavy atom. The number of hydrogen-bond acceptors (Lipinski definition) is 2. The van der Waals surface area contributed by atoms with Gasteiger partial charge in [-0.15, -0.1) is 0 Å². The Kier molecular flexibility index (Phi) is 3.72. The van der Waals surface area contributed by atoms with Crippen molar-refractivity contribution < 1.29 is 22.7 Å². The van der Waals surface area contributed by atoms with Crippen molar-refractivity contribution in [3.05, 3.63) is 70.8 Å². The number of hydrogen-bond donors (Lipinski definition) is 0. The Morgan fingerprint density at radius 1 is 0.913 bits per heavy atom. The molecule has 1 heterocycles. The van der Waals surface area contributed by atoms with Gasteiger partial charge in [-0.05, 0) is 30.2 Å². The van der Waals surface area contributed by atoms with Gasteiger partial charge in [-0.3, -0.25) is 0 Å². The van der Waals surface area contributed by atoms with E-state index in [0.29, 0.717) is 16.7 Å². The summed E-state index contributed by atoms with van der Waals surface area (Å²) >= 11 is 0. The van der Waals surface area contributed by atoms with Crippen LogP contribution in [0.1, 0.15) is 22.3 Å². The highest BCUT2D eigenvalue weighted by atomic mass is 19.4. The number of carbonyl (C=O) groups excluding carboxylic acids is 1. The highest BCUT2D eigenvalue weighted by Crippen LogP contribution is 2.35. The van der Waals surface area contributed by atoms with E-state index in [1.54, 1.807) is 0 Å². The highest BCUT2D eigenvalue weighted by molar-refractivity contribution is 6.27. The first-order chi connectivity index (χ1) is 10.9. The second-order valence-electron chi connectivity index (χ2n) is 5.37. The summed E-state index contributed by atoms with van der Waals surface area (Å²) < 4.78 is 43.0. The van der Waals surface area contributed by atoms with E-state index in [1.165, 1.54) is 12.1 Å². The minimum atomic E-state index is -4.40. The minimum Gasteiger partial charge on any atom is -0.457 e. The lowest BCUT2D eigenvalue weighted by Gasteiger charge is -2.08. The van der Waals surface area contributed by atoms with Gasteiger partial charge >= 0.3 is 12.1 Å². The van der Waals surface area contributed by atoms with Crippen molar-refractivity contribution >= 4 is 17.1 Å². The summed E-state index contributed by atoms with van der Waals surface area (Å²) in [4.78, 5) is 12.0. The van der Waals surface area contributed by atoms with Crippen LogP contribution < -0.4 is 0 Å². The molecule has 0 saturated heterocycles. The van der Waals surface area contributed by atoms with Crippen molar-refractivity contribution in [3.8, 4) is 0 Å². The van der Waals surface area contributed by atoms with E-state index in [1.807, 2.05) is 31.2 Å². The van der Waals surface area contributed by atoms with Gasteiger partial charge in [0, 0.05) is 5.57 Å². The molecule has 0 unspecified atom stereocenters. The number of esters is 1. The van der Waals surface area contributed by atoms with E-state index in [9.17, 15) is 18.0 Å². The fourth-order valence-electron chi connectivity index (χ4n) is 2.51. The normalized spacial score (nSPS) is 15.0. The lowest BCUT2D eigenvalue weighted by atomic mass is 9.95. The Balaban J connectivity index is 2.05. The molecule has 23 heavy (non-hydrogen) atoms. The van der Waals surface area contributed by atoms with Crippen LogP contribution in [0, 0.1) is 6.92 Å². The summed E-state index contributed by atoms with van der Waals surface area (Å²) in [5.41, 5.74) is 2.60. The molecule has 0 N–H and O–H groups in total. The number of carbonyl (C=O) groups is 1. The second kappa shape index (κ2) is 5.57. The smallest absolute Gasteiger partial charge is 0.416 e. The topological polar surface area (TPSA) is 26.3 Å². The van der Waals surface area contributed by atoms with Gasteiger partial charge in [0.1, 0.15) is 6.61 Å². The van der Waals surface area contributed by atoms with Crippen molar-refractivity contribution in [2.75, 3.05) is 6.61 Å². The summed E-state index contributed by atoms with van der Waals surface area (Å²) in [6, 6.07) is 12.1. The molecule has 0 fully saturated rings. The molecule has 0 atom stereocenters. The predicted octanol–water partition coefficient (Wildman–Crippen LogP) is 4.48. The molecule has 2 aromatic rings. The number of ether oxygens (including phenoxy) is 1. The molecule has 0 amide bonds. The molecule has 3 rings (SSSR count). The van der Waals surface area contributed by atoms with E-state index in [2.05, 4.69) is 0 Å². The number of halogens is 3. The zero-order chi connectivity index (χ0) is 16.6. The van der Waals surface area contributed by atoms with Crippen LogP contribution >= 0.6 is 0 Å². The fraction of sp³-hybridized carbons (Fsp3) is 0.167. The molecule has 0 aromatic heterocycles. The van der Waals surface area contributed by atoms with Gasteiger partial charge < -0.3 is 4.74 Å². The molecule has 0 bridgehead atoms. The number of aryl methyl sites for hydroxylation is 1. The Labute approximate surface area is 131 Å². The lowest BCUT2D eigenvalue weighted by molar-refractivity contribution is -0.137. The van der Waals surface area contributed by atoms with E-state index in [0.717, 1.165) is 23.3 Å². The van der Waals surface area contributed by atoms with Gasteiger partial charge in [0.25, 0.3) is 0 Å². The number of alkyl halides is 3. The van der Waals surface area contributed by atoms with Gasteiger partial charge in [0.05, 0.1) is 11.1 Å². The third-order valence-corrected chi connectivity index (χ3v) is 3.75. The predicted molar refractivity (Wildman–Crippen MR) is 80.4 cm³/mol. The van der Waals surface area contributed by atoms with Crippen LogP contribution in [-0.4, -0.2) is 12.6 Å². The molecular formula is C18H13F3O2. The summed E-state index contributed by atoms with van der Waals surface area (Å²) in [6.07, 6.45) is -4.40. The van der Waals surface area contributed by atoms with Crippen LogP contribution in [0.4, 0.5) is 13.2 Å². The molecule has 5 heteroatoms. The Bertz CT molecular complexity index is 769. The molecule has 1 aliphatic heterocycles. The summed E-state index contributed by atoms with van der Waals surface area (Å²) in [5.74, 6) is -0.514. The molecule has 0 aliphatic carbocycles. The summed E-state index contributed by atoms with van der Waals surface area (Å²) in [6.45, 7) is 2.07. The summed E-state index contributed by atoms with van der Waals surface area (Å²) in [7, 11) is 0. The van der Waals surface area contributed by atoms with E-state index in [-0.39, 0.29) is 6.61 Å². The standard InChI is InChI=1S/C18H13F3O2/c1-11-2-4-12(5-3-11)15-10-23-17(22)16(15)13-6-8-14(9-7-13)18(19,20)21/h2-9H,10H2,1H3. The highest BCUT2D eigenvalue weighted by Gasteiger charge is 2.31. The molecule has 0 radical (unpaired) electrons. The molecule has 2 nitrogen and oxygen atoms in total. The SMILES string of the molecule is Cc1ccc(C2=C(c3ccc(C(F)(F)F)cc3)C(=O)OC2)cc1. The molecule has 118 valence electrons. The molecule has 1 aliphatic rings. The van der Waals surface area contributed by atoms with Crippen LogP contribution in [0.25, 0.3) is 11.1 Å². The van der Waals surface area contributed by atoms with E-state index >= 15 is 0 Å². The molecule has 0 spiro atoms. The summed E-state index contributed by atoms with van der Waals surface area (Å²) in [5, 5.41) is 0. The van der Waals surface area contributed by atoms with Gasteiger partial charge in [-0.1, -0.05) is 42.0 Å². The van der Waals surface area contributed by atoms with Crippen molar-refractivity contribution in [1.82, 2.24) is 0 Å². The van der Waals surface area contributed by atoms with Crippen molar-refractivity contribution in [1.29, 1.82) is 0 Å². The van der Waals surface area contributed by atoms with Gasteiger partial charge in [0.2, 0.25) is 0 Å². The van der Waals surface area contributed by atoms with Crippen LogP contribution in [-0.2, 0) is 15.7 Å². The van der Waals surface area contributed by atoms with E-state index in [4.69, 9.17) is 4.74 Å². The third kappa shape index (κ3) is 2.99. The molecule has 0 saturated carbocycles.